The summed E-state index contributed by atoms with van der Waals surface area (Å²) in [7, 11) is 1.73. The van der Waals surface area contributed by atoms with Gasteiger partial charge in [-0.1, -0.05) is 6.08 Å². The highest BCUT2D eigenvalue weighted by atomic mass is 16.5. The minimum absolute atomic E-state index is 0.281. The van der Waals surface area contributed by atoms with Gasteiger partial charge in [0.25, 0.3) is 0 Å². The normalized spacial score (nSPS) is 28.4. The lowest BCUT2D eigenvalue weighted by Gasteiger charge is -2.12. The molecule has 0 aromatic rings. The highest BCUT2D eigenvalue weighted by Crippen LogP contribution is 2.10. The molecule has 1 heteroatoms. The molecule has 0 spiro atoms. The van der Waals surface area contributed by atoms with Crippen molar-refractivity contribution in [2.24, 2.45) is 0 Å². The first kappa shape index (κ1) is 5.83. The van der Waals surface area contributed by atoms with E-state index in [9.17, 15) is 0 Å². The molecule has 45 valence electrons. The van der Waals surface area contributed by atoms with Crippen molar-refractivity contribution in [1.82, 2.24) is 0 Å². The van der Waals surface area contributed by atoms with E-state index in [2.05, 4.69) is 12.2 Å². The van der Waals surface area contributed by atoms with Crippen LogP contribution in [0.3, 0.4) is 0 Å². The summed E-state index contributed by atoms with van der Waals surface area (Å²) in [5, 5.41) is 0. The van der Waals surface area contributed by atoms with E-state index >= 15 is 0 Å². The first-order chi connectivity index (χ1) is 3.93. The minimum Gasteiger partial charge on any atom is -0.377 e. The van der Waals surface area contributed by atoms with Crippen molar-refractivity contribution in [2.75, 3.05) is 7.11 Å². The van der Waals surface area contributed by atoms with Crippen LogP contribution in [0.4, 0.5) is 0 Å². The quantitative estimate of drug-likeness (QED) is 0.498. The third-order valence-electron chi connectivity index (χ3n) is 1.40. The molecule has 0 heterocycles. The van der Waals surface area contributed by atoms with Crippen molar-refractivity contribution >= 4 is 0 Å². The molecular weight excluding hydrogens is 100 g/mol. The van der Waals surface area contributed by atoms with Crippen molar-refractivity contribution in [3.63, 3.8) is 0 Å². The van der Waals surface area contributed by atoms with Crippen molar-refractivity contribution < 1.29 is 4.74 Å². The standard InChI is InChI=1S/C7H11O/c1-8-7-5-3-2-4-6-7/h3,7H,2,4,6H2,1H3. The van der Waals surface area contributed by atoms with Gasteiger partial charge in [0.1, 0.15) is 0 Å². The first-order valence-corrected chi connectivity index (χ1v) is 3.04. The van der Waals surface area contributed by atoms with Crippen molar-refractivity contribution in [3.05, 3.63) is 12.2 Å². The van der Waals surface area contributed by atoms with Gasteiger partial charge in [-0.15, -0.1) is 0 Å². The smallest absolute Gasteiger partial charge is 0.0821 e. The number of allylic oxidation sites excluding steroid dienone is 1. The fourth-order valence-corrected chi connectivity index (χ4v) is 0.889. The zero-order valence-electron chi connectivity index (χ0n) is 5.18. The predicted octanol–water partition coefficient (Wildman–Crippen LogP) is 1.54. The van der Waals surface area contributed by atoms with E-state index < -0.39 is 0 Å². The number of hydrogen-bond donors (Lipinski definition) is 0. The Morgan fingerprint density at radius 2 is 2.62 bits per heavy atom. The minimum atomic E-state index is 0.281. The lowest BCUT2D eigenvalue weighted by atomic mass is 10.1. The van der Waals surface area contributed by atoms with Gasteiger partial charge < -0.3 is 4.74 Å². The van der Waals surface area contributed by atoms with Crippen LogP contribution in [0.5, 0.6) is 0 Å². The molecule has 0 aromatic carbocycles. The van der Waals surface area contributed by atoms with Gasteiger partial charge in [0.2, 0.25) is 0 Å². The Morgan fingerprint density at radius 3 is 3.00 bits per heavy atom. The van der Waals surface area contributed by atoms with Crippen LogP contribution >= 0.6 is 0 Å². The third kappa shape index (κ3) is 1.34. The lowest BCUT2D eigenvalue weighted by molar-refractivity contribution is 0.122. The average molecular weight is 111 g/mol. The van der Waals surface area contributed by atoms with Crippen LogP contribution in [0.25, 0.3) is 0 Å². The molecule has 0 amide bonds. The average Bonchev–Trinajstić information content (AvgIpc) is 1.90. The zero-order chi connectivity index (χ0) is 5.82. The second-order valence-electron chi connectivity index (χ2n) is 2.03. The van der Waals surface area contributed by atoms with E-state index in [1.807, 2.05) is 0 Å². The molecule has 1 radical (unpaired) electrons. The number of ether oxygens (including phenoxy) is 1. The van der Waals surface area contributed by atoms with E-state index in [-0.39, 0.29) is 6.10 Å². The van der Waals surface area contributed by atoms with Gasteiger partial charge in [-0.25, -0.2) is 0 Å². The second kappa shape index (κ2) is 2.88. The molecule has 1 aliphatic rings. The van der Waals surface area contributed by atoms with E-state index in [0.29, 0.717) is 0 Å². The molecule has 0 saturated heterocycles. The number of hydrogen-bond acceptors (Lipinski definition) is 1. The SMILES string of the molecule is COC1[C]=CCCC1. The Balaban J connectivity index is 2.32. The molecule has 1 rings (SSSR count). The zero-order valence-corrected chi connectivity index (χ0v) is 5.18. The van der Waals surface area contributed by atoms with Gasteiger partial charge in [-0.3, -0.25) is 0 Å². The van der Waals surface area contributed by atoms with Crippen LogP contribution in [0.2, 0.25) is 0 Å². The van der Waals surface area contributed by atoms with E-state index in [0.717, 1.165) is 6.42 Å². The Hall–Kier alpha value is -0.300. The second-order valence-corrected chi connectivity index (χ2v) is 2.03. The number of methoxy groups -OCH3 is 1. The first-order valence-electron chi connectivity index (χ1n) is 3.04. The molecule has 1 atom stereocenters. The van der Waals surface area contributed by atoms with Crippen molar-refractivity contribution in [1.29, 1.82) is 0 Å². The van der Waals surface area contributed by atoms with Crippen LogP contribution in [-0.4, -0.2) is 13.2 Å². The van der Waals surface area contributed by atoms with Gasteiger partial charge in [0.15, 0.2) is 0 Å². The fraction of sp³-hybridized carbons (Fsp3) is 0.714. The molecule has 1 nitrogen and oxygen atoms in total. The van der Waals surface area contributed by atoms with Crippen LogP contribution in [0.1, 0.15) is 19.3 Å². The third-order valence-corrected chi connectivity index (χ3v) is 1.40. The molecule has 0 bridgehead atoms. The maximum absolute atomic E-state index is 5.05. The van der Waals surface area contributed by atoms with Gasteiger partial charge >= 0.3 is 0 Å². The van der Waals surface area contributed by atoms with Crippen LogP contribution in [0, 0.1) is 6.08 Å². The van der Waals surface area contributed by atoms with E-state index in [4.69, 9.17) is 4.74 Å². The van der Waals surface area contributed by atoms with Gasteiger partial charge in [0, 0.05) is 7.11 Å². The van der Waals surface area contributed by atoms with Crippen LogP contribution < -0.4 is 0 Å². The highest BCUT2D eigenvalue weighted by molar-refractivity contribution is 4.86. The molecule has 1 aliphatic carbocycles. The summed E-state index contributed by atoms with van der Waals surface area (Å²) in [5.74, 6) is 0. The molecule has 0 aromatic heterocycles. The van der Waals surface area contributed by atoms with E-state index in [1.165, 1.54) is 12.8 Å². The summed E-state index contributed by atoms with van der Waals surface area (Å²) in [6.07, 6.45) is 9.05. The van der Waals surface area contributed by atoms with Crippen LogP contribution in [0.15, 0.2) is 6.08 Å². The van der Waals surface area contributed by atoms with Crippen LogP contribution in [-0.2, 0) is 4.74 Å². The van der Waals surface area contributed by atoms with E-state index in [1.54, 1.807) is 7.11 Å². The lowest BCUT2D eigenvalue weighted by Crippen LogP contribution is -2.09. The molecule has 0 N–H and O–H groups in total. The Labute approximate surface area is 50.3 Å². The predicted molar refractivity (Wildman–Crippen MR) is 32.5 cm³/mol. The molecular formula is C7H11O. The summed E-state index contributed by atoms with van der Waals surface area (Å²) in [6.45, 7) is 0. The molecule has 8 heavy (non-hydrogen) atoms. The summed E-state index contributed by atoms with van der Waals surface area (Å²) >= 11 is 0. The summed E-state index contributed by atoms with van der Waals surface area (Å²) in [6, 6.07) is 0. The Morgan fingerprint density at radius 1 is 1.75 bits per heavy atom. The highest BCUT2D eigenvalue weighted by Gasteiger charge is 2.04. The summed E-state index contributed by atoms with van der Waals surface area (Å²) in [4.78, 5) is 0. The maximum atomic E-state index is 5.05. The van der Waals surface area contributed by atoms with Crippen molar-refractivity contribution in [3.8, 4) is 0 Å². The molecule has 0 aliphatic heterocycles. The van der Waals surface area contributed by atoms with Gasteiger partial charge in [-0.05, 0) is 25.3 Å². The molecule has 1 unspecified atom stereocenters. The van der Waals surface area contributed by atoms with Gasteiger partial charge in [-0.2, -0.15) is 0 Å². The largest absolute Gasteiger partial charge is 0.377 e. The van der Waals surface area contributed by atoms with Crippen molar-refractivity contribution in [2.45, 2.75) is 25.4 Å². The molecule has 0 fully saturated rings. The Bertz CT molecular complexity index is 86.4. The monoisotopic (exact) mass is 111 g/mol. The topological polar surface area (TPSA) is 9.23 Å². The maximum Gasteiger partial charge on any atom is 0.0821 e. The fourth-order valence-electron chi connectivity index (χ4n) is 0.889. The molecule has 0 saturated carbocycles. The number of rotatable bonds is 1. The summed E-state index contributed by atoms with van der Waals surface area (Å²) in [5.41, 5.74) is 0. The summed E-state index contributed by atoms with van der Waals surface area (Å²) < 4.78 is 5.05. The Kier molecular flexibility index (Phi) is 2.10. The van der Waals surface area contributed by atoms with Gasteiger partial charge in [0.05, 0.1) is 6.10 Å².